The number of hydrogen-bond donors (Lipinski definition) is 0. The molecule has 120 valence electrons. The van der Waals surface area contributed by atoms with E-state index in [-0.39, 0.29) is 0 Å². The van der Waals surface area contributed by atoms with Crippen molar-refractivity contribution in [3.8, 4) is 0 Å². The average Bonchev–Trinajstić information content (AvgIpc) is 2.55. The molecule has 0 amide bonds. The summed E-state index contributed by atoms with van der Waals surface area (Å²) in [4.78, 5) is 0. The van der Waals surface area contributed by atoms with E-state index in [0.29, 0.717) is 11.8 Å². The van der Waals surface area contributed by atoms with Gasteiger partial charge in [-0.1, -0.05) is 50.2 Å². The van der Waals surface area contributed by atoms with Crippen LogP contribution in [0.15, 0.2) is 65.4 Å². The summed E-state index contributed by atoms with van der Waals surface area (Å²) in [5.74, 6) is 1.25. The van der Waals surface area contributed by atoms with Gasteiger partial charge in [0.1, 0.15) is 0 Å². The summed E-state index contributed by atoms with van der Waals surface area (Å²) in [5, 5.41) is 1.65. The predicted octanol–water partition coefficient (Wildman–Crippen LogP) is 4.81. The molecule has 0 aliphatic heterocycles. The minimum atomic E-state index is -2.96. The second-order valence-corrected chi connectivity index (χ2v) is 9.15. The van der Waals surface area contributed by atoms with Crippen molar-refractivity contribution >= 4 is 23.6 Å². The average molecular weight is 325 g/mol. The van der Waals surface area contributed by atoms with Crippen LogP contribution >= 0.6 is 7.29 Å². The lowest BCUT2D eigenvalue weighted by Crippen LogP contribution is -2.22. The first-order valence-electron chi connectivity index (χ1n) is 8.37. The van der Waals surface area contributed by atoms with E-state index in [9.17, 15) is 4.57 Å². The van der Waals surface area contributed by atoms with Gasteiger partial charge in [0, 0.05) is 16.3 Å². The van der Waals surface area contributed by atoms with Crippen molar-refractivity contribution in [2.75, 3.05) is 0 Å². The lowest BCUT2D eigenvalue weighted by atomic mass is 9.82. The first kappa shape index (κ1) is 16.2. The van der Waals surface area contributed by atoms with Crippen LogP contribution in [-0.2, 0) is 4.57 Å². The standard InChI is InChI=1S/C20H24NOP/c1-16-13-17(2)15-18(14-16)21-23(22,19-9-5-3-6-10-19)20-11-7-4-8-12-20/h3-12,16-17H,13-15H2,1-2H3/t16-,17+. The quantitative estimate of drug-likeness (QED) is 0.744. The highest BCUT2D eigenvalue weighted by Crippen LogP contribution is 2.46. The third-order valence-electron chi connectivity index (χ3n) is 4.47. The van der Waals surface area contributed by atoms with Crippen LogP contribution in [0.25, 0.3) is 0 Å². The minimum Gasteiger partial charge on any atom is -0.288 e. The summed E-state index contributed by atoms with van der Waals surface area (Å²) < 4.78 is 18.8. The highest BCUT2D eigenvalue weighted by molar-refractivity contribution is 7.77. The van der Waals surface area contributed by atoms with E-state index < -0.39 is 7.29 Å². The van der Waals surface area contributed by atoms with Gasteiger partial charge in [-0.2, -0.15) is 0 Å². The normalized spacial score (nSPS) is 23.8. The smallest absolute Gasteiger partial charge is 0.247 e. The van der Waals surface area contributed by atoms with Crippen molar-refractivity contribution in [3.63, 3.8) is 0 Å². The van der Waals surface area contributed by atoms with E-state index in [1.165, 1.54) is 6.42 Å². The van der Waals surface area contributed by atoms with Crippen molar-refractivity contribution in [2.45, 2.75) is 33.1 Å². The van der Waals surface area contributed by atoms with Gasteiger partial charge in [0.15, 0.2) is 0 Å². The lowest BCUT2D eigenvalue weighted by Gasteiger charge is -2.27. The fourth-order valence-electron chi connectivity index (χ4n) is 3.55. The fraction of sp³-hybridized carbons (Fsp3) is 0.350. The van der Waals surface area contributed by atoms with Crippen LogP contribution in [0.5, 0.6) is 0 Å². The zero-order valence-electron chi connectivity index (χ0n) is 13.9. The summed E-state index contributed by atoms with van der Waals surface area (Å²) in [6.45, 7) is 4.53. The Morgan fingerprint density at radius 1 is 0.826 bits per heavy atom. The molecule has 0 unspecified atom stereocenters. The molecule has 3 heteroatoms. The Balaban J connectivity index is 2.08. The topological polar surface area (TPSA) is 29.4 Å². The monoisotopic (exact) mass is 325 g/mol. The van der Waals surface area contributed by atoms with Gasteiger partial charge in [-0.05, 0) is 55.4 Å². The van der Waals surface area contributed by atoms with Crippen LogP contribution < -0.4 is 10.6 Å². The van der Waals surface area contributed by atoms with Gasteiger partial charge in [-0.25, -0.2) is 4.76 Å². The molecule has 2 aromatic rings. The molecule has 0 saturated heterocycles. The zero-order chi connectivity index (χ0) is 16.3. The zero-order valence-corrected chi connectivity index (χ0v) is 14.7. The van der Waals surface area contributed by atoms with Crippen LogP contribution in [-0.4, -0.2) is 5.71 Å². The molecule has 1 aliphatic rings. The lowest BCUT2D eigenvalue weighted by molar-refractivity contribution is 0.400. The van der Waals surface area contributed by atoms with Crippen molar-refractivity contribution in [1.82, 2.24) is 0 Å². The molecule has 0 aromatic heterocycles. The summed E-state index contributed by atoms with van der Waals surface area (Å²) in [7, 11) is -2.96. The maximum Gasteiger partial charge on any atom is 0.247 e. The molecule has 2 nitrogen and oxygen atoms in total. The van der Waals surface area contributed by atoms with Crippen molar-refractivity contribution in [3.05, 3.63) is 60.7 Å². The predicted molar refractivity (Wildman–Crippen MR) is 99.4 cm³/mol. The summed E-state index contributed by atoms with van der Waals surface area (Å²) in [5.41, 5.74) is 1.12. The number of nitrogens with zero attached hydrogens (tertiary/aromatic N) is 1. The van der Waals surface area contributed by atoms with Crippen LogP contribution in [0.1, 0.15) is 33.1 Å². The molecule has 1 saturated carbocycles. The van der Waals surface area contributed by atoms with Gasteiger partial charge in [-0.15, -0.1) is 0 Å². The summed E-state index contributed by atoms with van der Waals surface area (Å²) in [6, 6.07) is 19.4. The molecule has 0 N–H and O–H groups in total. The maximum absolute atomic E-state index is 13.9. The van der Waals surface area contributed by atoms with E-state index in [1.54, 1.807) is 0 Å². The number of benzene rings is 2. The maximum atomic E-state index is 13.9. The summed E-state index contributed by atoms with van der Waals surface area (Å²) >= 11 is 0. The molecular formula is C20H24NOP. The molecule has 0 heterocycles. The van der Waals surface area contributed by atoms with Gasteiger partial charge < -0.3 is 0 Å². The Hall–Kier alpha value is -1.66. The van der Waals surface area contributed by atoms with Crippen LogP contribution in [0.4, 0.5) is 0 Å². The van der Waals surface area contributed by atoms with E-state index in [1.807, 2.05) is 60.7 Å². The first-order chi connectivity index (χ1) is 11.1. The van der Waals surface area contributed by atoms with Gasteiger partial charge in [0.2, 0.25) is 7.29 Å². The van der Waals surface area contributed by atoms with Crippen LogP contribution in [0.3, 0.4) is 0 Å². The van der Waals surface area contributed by atoms with Crippen molar-refractivity contribution in [2.24, 2.45) is 16.6 Å². The van der Waals surface area contributed by atoms with E-state index in [4.69, 9.17) is 4.76 Å². The third-order valence-corrected chi connectivity index (χ3v) is 7.03. The number of rotatable bonds is 3. The van der Waals surface area contributed by atoms with Gasteiger partial charge >= 0.3 is 0 Å². The Morgan fingerprint density at radius 3 is 1.70 bits per heavy atom. The molecule has 3 rings (SSSR count). The minimum absolute atomic E-state index is 0.623. The van der Waals surface area contributed by atoms with Crippen LogP contribution in [0.2, 0.25) is 0 Å². The molecule has 0 spiro atoms. The van der Waals surface area contributed by atoms with Crippen molar-refractivity contribution in [1.29, 1.82) is 0 Å². The second kappa shape index (κ2) is 6.84. The molecule has 1 aliphatic carbocycles. The summed E-state index contributed by atoms with van der Waals surface area (Å²) in [6.07, 6.45) is 3.17. The van der Waals surface area contributed by atoms with Gasteiger partial charge in [-0.3, -0.25) is 4.57 Å². The van der Waals surface area contributed by atoms with Crippen LogP contribution in [0, 0.1) is 11.8 Å². The molecule has 2 aromatic carbocycles. The highest BCUT2D eigenvalue weighted by Gasteiger charge is 2.29. The van der Waals surface area contributed by atoms with E-state index >= 15 is 0 Å². The highest BCUT2D eigenvalue weighted by atomic mass is 31.2. The Kier molecular flexibility index (Phi) is 4.82. The molecule has 0 radical (unpaired) electrons. The Bertz CT molecular complexity index is 668. The van der Waals surface area contributed by atoms with E-state index in [0.717, 1.165) is 29.2 Å². The third kappa shape index (κ3) is 3.64. The molecule has 23 heavy (non-hydrogen) atoms. The first-order valence-corrected chi connectivity index (χ1v) is 10.0. The number of hydrogen-bond acceptors (Lipinski definition) is 1. The largest absolute Gasteiger partial charge is 0.288 e. The molecule has 1 fully saturated rings. The Morgan fingerprint density at radius 2 is 1.26 bits per heavy atom. The molecule has 2 atom stereocenters. The molecule has 0 bridgehead atoms. The second-order valence-electron chi connectivity index (χ2n) is 6.77. The van der Waals surface area contributed by atoms with Crippen molar-refractivity contribution < 1.29 is 4.57 Å². The Labute approximate surface area is 139 Å². The van der Waals surface area contributed by atoms with Gasteiger partial charge in [0.25, 0.3) is 0 Å². The SMILES string of the molecule is C[C@@H]1CC(=NP(=O)(c2ccccc2)c2ccccc2)C[C@H](C)C1. The van der Waals surface area contributed by atoms with E-state index in [2.05, 4.69) is 13.8 Å². The molecular weight excluding hydrogens is 301 g/mol. The fourth-order valence-corrected chi connectivity index (χ4v) is 5.79. The van der Waals surface area contributed by atoms with Gasteiger partial charge in [0.05, 0.1) is 0 Å².